The quantitative estimate of drug-likeness (QED) is 0.459. The Kier molecular flexibility index (Phi) is 6.71. The molecular weight excluding hydrogens is 461 g/mol. The number of carbonyl (C=O) groups excluding carboxylic acids is 2. The summed E-state index contributed by atoms with van der Waals surface area (Å²) in [5.74, 6) is -0.461. The number of amides is 2. The van der Waals surface area contributed by atoms with Crippen molar-refractivity contribution in [3.63, 3.8) is 0 Å². The fourth-order valence-electron chi connectivity index (χ4n) is 2.12. The molecular formula is C19H20IN3O2S. The summed E-state index contributed by atoms with van der Waals surface area (Å²) in [5, 5.41) is 8.64. The van der Waals surface area contributed by atoms with Gasteiger partial charge < -0.3 is 10.6 Å². The predicted molar refractivity (Wildman–Crippen MR) is 117 cm³/mol. The zero-order chi connectivity index (χ0) is 19.3. The molecule has 0 radical (unpaired) electrons. The second kappa shape index (κ2) is 8.59. The van der Waals surface area contributed by atoms with Crippen LogP contribution in [0, 0.1) is 3.57 Å². The van der Waals surface area contributed by atoms with Crippen LogP contribution in [0.3, 0.4) is 0 Å². The van der Waals surface area contributed by atoms with Crippen molar-refractivity contribution in [3.8, 4) is 0 Å². The lowest BCUT2D eigenvalue weighted by Gasteiger charge is -2.20. The molecule has 2 rings (SSSR count). The fraction of sp³-hybridized carbons (Fsp3) is 0.211. The average molecular weight is 481 g/mol. The second-order valence-corrected chi connectivity index (χ2v) is 8.36. The monoisotopic (exact) mass is 481 g/mol. The maximum Gasteiger partial charge on any atom is 0.257 e. The van der Waals surface area contributed by atoms with Gasteiger partial charge in [-0.05, 0) is 92.0 Å². The largest absolute Gasteiger partial charge is 0.347 e. The van der Waals surface area contributed by atoms with E-state index >= 15 is 0 Å². The smallest absolute Gasteiger partial charge is 0.257 e. The molecule has 0 aliphatic heterocycles. The van der Waals surface area contributed by atoms with Crippen LogP contribution in [0.25, 0.3) is 0 Å². The van der Waals surface area contributed by atoms with Gasteiger partial charge in [-0.25, -0.2) is 0 Å². The van der Waals surface area contributed by atoms with Gasteiger partial charge in [0.25, 0.3) is 11.8 Å². The van der Waals surface area contributed by atoms with Gasteiger partial charge in [-0.2, -0.15) is 0 Å². The molecule has 0 aliphatic carbocycles. The van der Waals surface area contributed by atoms with Crippen molar-refractivity contribution in [2.45, 2.75) is 26.3 Å². The molecule has 0 fully saturated rings. The van der Waals surface area contributed by atoms with Gasteiger partial charge in [0.05, 0.1) is 0 Å². The number of benzene rings is 2. The van der Waals surface area contributed by atoms with E-state index in [4.69, 9.17) is 12.2 Å². The maximum atomic E-state index is 12.3. The Morgan fingerprint density at radius 1 is 0.962 bits per heavy atom. The van der Waals surface area contributed by atoms with Gasteiger partial charge in [0.1, 0.15) is 0 Å². The van der Waals surface area contributed by atoms with E-state index in [1.807, 2.05) is 32.9 Å². The topological polar surface area (TPSA) is 70.2 Å². The minimum Gasteiger partial charge on any atom is -0.347 e. The van der Waals surface area contributed by atoms with Crippen molar-refractivity contribution in [2.75, 3.05) is 5.32 Å². The lowest BCUT2D eigenvalue weighted by molar-refractivity contribution is 0.0918. The third kappa shape index (κ3) is 6.38. The lowest BCUT2D eigenvalue weighted by Crippen LogP contribution is -2.40. The van der Waals surface area contributed by atoms with E-state index in [9.17, 15) is 9.59 Å². The molecule has 0 aliphatic rings. The molecule has 0 heterocycles. The normalized spacial score (nSPS) is 10.8. The Hall–Kier alpha value is -2.00. The average Bonchev–Trinajstić information content (AvgIpc) is 2.53. The van der Waals surface area contributed by atoms with Crippen molar-refractivity contribution >= 4 is 57.4 Å². The molecule has 2 aromatic rings. The Balaban J connectivity index is 2.02. The van der Waals surface area contributed by atoms with Crippen molar-refractivity contribution in [3.05, 3.63) is 63.2 Å². The summed E-state index contributed by atoms with van der Waals surface area (Å²) in [6.45, 7) is 5.76. The highest BCUT2D eigenvalue weighted by Gasteiger charge is 2.15. The van der Waals surface area contributed by atoms with E-state index in [1.165, 1.54) is 0 Å². The van der Waals surface area contributed by atoms with Gasteiger partial charge in [-0.15, -0.1) is 0 Å². The number of anilines is 1. The van der Waals surface area contributed by atoms with Crippen LogP contribution < -0.4 is 16.0 Å². The van der Waals surface area contributed by atoms with E-state index < -0.39 is 0 Å². The number of carbonyl (C=O) groups is 2. The first-order chi connectivity index (χ1) is 12.1. The van der Waals surface area contributed by atoms with Crippen LogP contribution in [-0.2, 0) is 0 Å². The molecule has 2 amide bonds. The summed E-state index contributed by atoms with van der Waals surface area (Å²) in [6, 6.07) is 14.1. The van der Waals surface area contributed by atoms with Crippen LogP contribution in [0.1, 0.15) is 41.5 Å². The van der Waals surface area contributed by atoms with Gasteiger partial charge in [-0.1, -0.05) is 12.1 Å². The van der Waals surface area contributed by atoms with Crippen molar-refractivity contribution in [1.29, 1.82) is 0 Å². The van der Waals surface area contributed by atoms with Crippen molar-refractivity contribution in [1.82, 2.24) is 10.6 Å². The van der Waals surface area contributed by atoms with Gasteiger partial charge >= 0.3 is 0 Å². The Morgan fingerprint density at radius 3 is 2.19 bits per heavy atom. The van der Waals surface area contributed by atoms with E-state index in [-0.39, 0.29) is 22.5 Å². The highest BCUT2D eigenvalue weighted by Crippen LogP contribution is 2.12. The number of thiocarbonyl (C=S) groups is 1. The number of rotatable bonds is 3. The molecule has 7 heteroatoms. The first-order valence-electron chi connectivity index (χ1n) is 7.94. The molecule has 3 N–H and O–H groups in total. The summed E-state index contributed by atoms with van der Waals surface area (Å²) < 4.78 is 0.965. The zero-order valence-electron chi connectivity index (χ0n) is 14.7. The molecule has 0 saturated carbocycles. The minimum absolute atomic E-state index is 0.169. The Labute approximate surface area is 172 Å². The summed E-state index contributed by atoms with van der Waals surface area (Å²) in [4.78, 5) is 24.5. The fourth-order valence-corrected chi connectivity index (χ4v) is 2.87. The zero-order valence-corrected chi connectivity index (χ0v) is 17.7. The third-order valence-electron chi connectivity index (χ3n) is 3.19. The summed E-state index contributed by atoms with van der Waals surface area (Å²) in [5.41, 5.74) is 1.34. The van der Waals surface area contributed by atoms with Gasteiger partial charge in [0.15, 0.2) is 5.11 Å². The maximum absolute atomic E-state index is 12.3. The molecule has 0 unspecified atom stereocenters. The van der Waals surface area contributed by atoms with Crippen LogP contribution in [-0.4, -0.2) is 22.5 Å². The van der Waals surface area contributed by atoms with Crippen LogP contribution in [0.2, 0.25) is 0 Å². The van der Waals surface area contributed by atoms with Gasteiger partial charge in [0, 0.05) is 25.9 Å². The van der Waals surface area contributed by atoms with E-state index in [1.54, 1.807) is 36.4 Å². The molecule has 136 valence electrons. The van der Waals surface area contributed by atoms with Crippen LogP contribution in [0.4, 0.5) is 5.69 Å². The van der Waals surface area contributed by atoms with E-state index in [0.717, 1.165) is 3.57 Å². The standard InChI is InChI=1S/C19H20IN3O2S/c1-19(2,3)23-17(25)13-7-5-9-15(11-13)21-18(26)22-16(24)12-6-4-8-14(20)10-12/h4-11H,1-3H3,(H,23,25)(H2,21,22,24,26). The molecule has 0 aromatic heterocycles. The molecule has 26 heavy (non-hydrogen) atoms. The molecule has 2 aromatic carbocycles. The van der Waals surface area contributed by atoms with Gasteiger partial charge in [-0.3, -0.25) is 14.9 Å². The second-order valence-electron chi connectivity index (χ2n) is 6.70. The predicted octanol–water partition coefficient (Wildman–Crippen LogP) is 3.95. The number of hydrogen-bond acceptors (Lipinski definition) is 3. The van der Waals surface area contributed by atoms with E-state index in [2.05, 4.69) is 38.5 Å². The van der Waals surface area contributed by atoms with Crippen molar-refractivity contribution in [2.24, 2.45) is 0 Å². The number of nitrogens with one attached hydrogen (secondary N) is 3. The van der Waals surface area contributed by atoms with Crippen molar-refractivity contribution < 1.29 is 9.59 Å². The highest BCUT2D eigenvalue weighted by molar-refractivity contribution is 14.1. The molecule has 0 bridgehead atoms. The summed E-state index contributed by atoms with van der Waals surface area (Å²) in [7, 11) is 0. The van der Waals surface area contributed by atoms with E-state index in [0.29, 0.717) is 16.8 Å². The number of hydrogen-bond donors (Lipinski definition) is 3. The van der Waals surface area contributed by atoms with Crippen LogP contribution >= 0.6 is 34.8 Å². The Bertz CT molecular complexity index is 847. The highest BCUT2D eigenvalue weighted by atomic mass is 127. The first-order valence-corrected chi connectivity index (χ1v) is 9.43. The Morgan fingerprint density at radius 2 is 1.58 bits per heavy atom. The SMILES string of the molecule is CC(C)(C)NC(=O)c1cccc(NC(=S)NC(=O)c2cccc(I)c2)c1. The summed E-state index contributed by atoms with van der Waals surface area (Å²) >= 11 is 7.34. The molecule has 0 spiro atoms. The number of halogens is 1. The van der Waals surface area contributed by atoms with Crippen LogP contribution in [0.5, 0.6) is 0 Å². The third-order valence-corrected chi connectivity index (χ3v) is 4.06. The first kappa shape index (κ1) is 20.3. The molecule has 0 saturated heterocycles. The van der Waals surface area contributed by atoms with Crippen LogP contribution in [0.15, 0.2) is 48.5 Å². The molecule has 5 nitrogen and oxygen atoms in total. The summed E-state index contributed by atoms with van der Waals surface area (Å²) in [6.07, 6.45) is 0. The lowest BCUT2D eigenvalue weighted by atomic mass is 10.1. The van der Waals surface area contributed by atoms with Gasteiger partial charge in [0.2, 0.25) is 0 Å². The minimum atomic E-state index is -0.322. The molecule has 0 atom stereocenters.